The predicted octanol–water partition coefficient (Wildman–Crippen LogP) is 2.41. The zero-order valence-corrected chi connectivity index (χ0v) is 17.3. The van der Waals surface area contributed by atoms with Gasteiger partial charge >= 0.3 is 0 Å². The molecular weight excluding hydrogens is 420 g/mol. The van der Waals surface area contributed by atoms with Crippen LogP contribution in [0.1, 0.15) is 52.1 Å². The fourth-order valence-electron chi connectivity index (χ4n) is 5.51. The van der Waals surface area contributed by atoms with Crippen LogP contribution < -0.4 is 10.7 Å². The number of aromatic nitrogens is 1. The highest BCUT2D eigenvalue weighted by Gasteiger charge is 2.48. The van der Waals surface area contributed by atoms with Gasteiger partial charge in [0.15, 0.2) is 11.4 Å². The van der Waals surface area contributed by atoms with Gasteiger partial charge < -0.3 is 19.9 Å². The van der Waals surface area contributed by atoms with Crippen molar-refractivity contribution in [3.8, 4) is 5.75 Å². The monoisotopic (exact) mass is 443 g/mol. The number of carbonyl (C=O) groups is 2. The van der Waals surface area contributed by atoms with E-state index < -0.39 is 28.7 Å². The summed E-state index contributed by atoms with van der Waals surface area (Å²) in [6.45, 7) is 0.780. The summed E-state index contributed by atoms with van der Waals surface area (Å²) < 4.78 is 28.4. The van der Waals surface area contributed by atoms with Gasteiger partial charge in [-0.05, 0) is 30.7 Å². The van der Waals surface area contributed by atoms with Gasteiger partial charge in [0.25, 0.3) is 11.8 Å². The van der Waals surface area contributed by atoms with E-state index in [1.54, 1.807) is 4.90 Å². The molecule has 32 heavy (non-hydrogen) atoms. The number of amides is 2. The average Bonchev–Trinajstić information content (AvgIpc) is 3.14. The first kappa shape index (κ1) is 20.7. The Balaban J connectivity index is 1.43. The number of hydrogen-bond donors (Lipinski definition) is 2. The molecule has 3 heterocycles. The Hall–Kier alpha value is -3.23. The molecule has 3 aliphatic rings. The SMILES string of the molecule is O=C(NCc1ccc(F)cc1F)c1cn2c(c(O)c1=O)C(=O)N1C[C@H]3CCCCC3[C@H]1C2. The van der Waals surface area contributed by atoms with Crippen LogP contribution in [0.3, 0.4) is 0 Å². The van der Waals surface area contributed by atoms with E-state index in [4.69, 9.17) is 0 Å². The zero-order chi connectivity index (χ0) is 22.6. The first-order valence-electron chi connectivity index (χ1n) is 10.8. The van der Waals surface area contributed by atoms with Crippen LogP contribution in [0.2, 0.25) is 0 Å². The molecule has 2 aliphatic heterocycles. The van der Waals surface area contributed by atoms with Crippen LogP contribution in [0.4, 0.5) is 8.78 Å². The van der Waals surface area contributed by atoms with Crippen LogP contribution in [0.25, 0.3) is 0 Å². The average molecular weight is 443 g/mol. The quantitative estimate of drug-likeness (QED) is 0.762. The van der Waals surface area contributed by atoms with Gasteiger partial charge in [0.1, 0.15) is 17.2 Å². The van der Waals surface area contributed by atoms with E-state index in [-0.39, 0.29) is 35.3 Å². The van der Waals surface area contributed by atoms with Crippen LogP contribution in [-0.2, 0) is 13.1 Å². The molecule has 9 heteroatoms. The summed E-state index contributed by atoms with van der Waals surface area (Å²) in [7, 11) is 0. The van der Waals surface area contributed by atoms with Crippen molar-refractivity contribution >= 4 is 11.8 Å². The summed E-state index contributed by atoms with van der Waals surface area (Å²) in [5, 5.41) is 13.0. The van der Waals surface area contributed by atoms with E-state index in [0.717, 1.165) is 31.7 Å². The third-order valence-electron chi connectivity index (χ3n) is 7.10. The maximum absolute atomic E-state index is 13.8. The summed E-state index contributed by atoms with van der Waals surface area (Å²) in [4.78, 5) is 40.2. The van der Waals surface area contributed by atoms with Crippen LogP contribution in [0.5, 0.6) is 5.75 Å². The number of fused-ring (bicyclic) bond motifs is 4. The molecule has 2 fully saturated rings. The highest BCUT2D eigenvalue weighted by molar-refractivity contribution is 5.99. The number of nitrogens with zero attached hydrogens (tertiary/aromatic N) is 2. The first-order valence-corrected chi connectivity index (χ1v) is 10.8. The van der Waals surface area contributed by atoms with Gasteiger partial charge in [-0.1, -0.05) is 18.9 Å². The normalized spacial score (nSPS) is 24.0. The molecule has 2 N–H and O–H groups in total. The molecule has 1 aromatic heterocycles. The Kier molecular flexibility index (Phi) is 4.98. The fraction of sp³-hybridized carbons (Fsp3) is 0.435. The van der Waals surface area contributed by atoms with E-state index in [2.05, 4.69) is 5.32 Å². The number of carbonyl (C=O) groups excluding carboxylic acids is 2. The van der Waals surface area contributed by atoms with Gasteiger partial charge in [-0.2, -0.15) is 0 Å². The Morgan fingerprint density at radius 1 is 1.16 bits per heavy atom. The molecular formula is C23H23F2N3O4. The van der Waals surface area contributed by atoms with Crippen molar-refractivity contribution in [3.05, 3.63) is 63.1 Å². The third kappa shape index (κ3) is 3.27. The Morgan fingerprint density at radius 2 is 1.94 bits per heavy atom. The van der Waals surface area contributed by atoms with Crippen molar-refractivity contribution in [2.24, 2.45) is 11.8 Å². The van der Waals surface area contributed by atoms with Crippen molar-refractivity contribution in [1.82, 2.24) is 14.8 Å². The lowest BCUT2D eigenvalue weighted by atomic mass is 9.78. The molecule has 0 bridgehead atoms. The summed E-state index contributed by atoms with van der Waals surface area (Å²) in [6.07, 6.45) is 5.68. The molecule has 168 valence electrons. The van der Waals surface area contributed by atoms with Gasteiger partial charge in [-0.25, -0.2) is 8.78 Å². The second-order valence-corrected chi connectivity index (χ2v) is 8.87. The number of rotatable bonds is 3. The Morgan fingerprint density at radius 3 is 2.72 bits per heavy atom. The minimum absolute atomic E-state index is 0.0218. The number of halogens is 2. The Labute approximate surface area is 182 Å². The van der Waals surface area contributed by atoms with Gasteiger partial charge in [0.05, 0.1) is 6.04 Å². The standard InChI is InChI=1S/C23H23F2N3O4/c24-14-6-5-12(17(25)7-14)8-26-22(31)16-10-27-11-18-15-4-2-1-3-13(15)9-28(18)23(32)19(27)21(30)20(16)29/h5-7,10,13,15,18,30H,1-4,8-9,11H2,(H,26,31)/t13-,15?,18-/m1/s1. The summed E-state index contributed by atoms with van der Waals surface area (Å²) in [5.74, 6) is -2.68. The van der Waals surface area contributed by atoms with Gasteiger partial charge in [0.2, 0.25) is 5.43 Å². The summed E-state index contributed by atoms with van der Waals surface area (Å²) in [5.41, 5.74) is -1.31. The summed E-state index contributed by atoms with van der Waals surface area (Å²) in [6, 6.07) is 2.96. The highest BCUT2D eigenvalue weighted by atomic mass is 19.1. The molecule has 1 aliphatic carbocycles. The molecule has 2 aromatic rings. The van der Waals surface area contributed by atoms with Crippen molar-refractivity contribution in [1.29, 1.82) is 0 Å². The topological polar surface area (TPSA) is 91.6 Å². The second-order valence-electron chi connectivity index (χ2n) is 8.87. The van der Waals surface area contributed by atoms with E-state index >= 15 is 0 Å². The van der Waals surface area contributed by atoms with Gasteiger partial charge in [-0.15, -0.1) is 0 Å². The fourth-order valence-corrected chi connectivity index (χ4v) is 5.51. The number of benzene rings is 1. The highest BCUT2D eigenvalue weighted by Crippen LogP contribution is 2.43. The second kappa shape index (κ2) is 7.72. The number of pyridine rings is 1. The minimum atomic E-state index is -0.947. The largest absolute Gasteiger partial charge is 0.503 e. The van der Waals surface area contributed by atoms with Crippen molar-refractivity contribution in [3.63, 3.8) is 0 Å². The van der Waals surface area contributed by atoms with Gasteiger partial charge in [0, 0.05) is 37.5 Å². The van der Waals surface area contributed by atoms with E-state index in [0.29, 0.717) is 31.0 Å². The molecule has 1 saturated heterocycles. The maximum atomic E-state index is 13.8. The van der Waals surface area contributed by atoms with E-state index in [9.17, 15) is 28.3 Å². The first-order chi connectivity index (χ1) is 15.3. The van der Waals surface area contributed by atoms with Crippen LogP contribution in [0.15, 0.2) is 29.2 Å². The lowest BCUT2D eigenvalue weighted by Crippen LogP contribution is -2.47. The van der Waals surface area contributed by atoms with Gasteiger partial charge in [-0.3, -0.25) is 14.4 Å². The minimum Gasteiger partial charge on any atom is -0.503 e. The Bertz CT molecular complexity index is 1180. The number of aromatic hydroxyl groups is 1. The molecule has 7 nitrogen and oxygen atoms in total. The lowest BCUT2D eigenvalue weighted by Gasteiger charge is -2.36. The van der Waals surface area contributed by atoms with E-state index in [1.165, 1.54) is 16.8 Å². The molecule has 0 spiro atoms. The molecule has 5 rings (SSSR count). The molecule has 1 unspecified atom stereocenters. The summed E-state index contributed by atoms with van der Waals surface area (Å²) >= 11 is 0. The van der Waals surface area contributed by atoms with Crippen LogP contribution in [0, 0.1) is 23.5 Å². The molecule has 2 amide bonds. The number of hydrogen-bond acceptors (Lipinski definition) is 4. The molecule has 3 atom stereocenters. The van der Waals surface area contributed by atoms with Crippen molar-refractivity contribution in [2.45, 2.75) is 44.8 Å². The van der Waals surface area contributed by atoms with Crippen molar-refractivity contribution in [2.75, 3.05) is 6.54 Å². The van der Waals surface area contributed by atoms with Crippen molar-refractivity contribution < 1.29 is 23.5 Å². The van der Waals surface area contributed by atoms with Crippen LogP contribution in [-0.4, -0.2) is 39.0 Å². The molecule has 1 aromatic carbocycles. The molecule has 0 radical (unpaired) electrons. The zero-order valence-electron chi connectivity index (χ0n) is 17.3. The lowest BCUT2D eigenvalue weighted by molar-refractivity contribution is 0.0626. The molecule has 1 saturated carbocycles. The predicted molar refractivity (Wildman–Crippen MR) is 110 cm³/mol. The smallest absolute Gasteiger partial charge is 0.274 e. The third-order valence-corrected chi connectivity index (χ3v) is 7.10. The van der Waals surface area contributed by atoms with Crippen LogP contribution >= 0.6 is 0 Å². The maximum Gasteiger partial charge on any atom is 0.274 e. The number of nitrogens with one attached hydrogen (secondary N) is 1. The van der Waals surface area contributed by atoms with E-state index in [1.807, 2.05) is 0 Å².